The summed E-state index contributed by atoms with van der Waals surface area (Å²) in [5.74, 6) is 0.684. The monoisotopic (exact) mass is 260 g/mol. The van der Waals surface area contributed by atoms with Gasteiger partial charge in [0.15, 0.2) is 0 Å². The number of hydrogen-bond donors (Lipinski definition) is 1. The lowest BCUT2D eigenvalue weighted by Gasteiger charge is -2.32. The third-order valence-electron chi connectivity index (χ3n) is 4.47. The van der Waals surface area contributed by atoms with E-state index < -0.39 is 0 Å². The Morgan fingerprint density at radius 2 is 2.05 bits per heavy atom. The van der Waals surface area contributed by atoms with Gasteiger partial charge >= 0.3 is 0 Å². The van der Waals surface area contributed by atoms with Gasteiger partial charge in [-0.1, -0.05) is 12.5 Å². The highest BCUT2D eigenvalue weighted by Crippen LogP contribution is 2.22. The maximum Gasteiger partial charge on any atom is 0.127 e. The van der Waals surface area contributed by atoms with Gasteiger partial charge in [-0.15, -0.1) is 0 Å². The Hall–Kier alpha value is -1.13. The van der Waals surface area contributed by atoms with E-state index in [-0.39, 0.29) is 0 Å². The van der Waals surface area contributed by atoms with Crippen molar-refractivity contribution in [2.45, 2.75) is 38.3 Å². The molecule has 2 aliphatic rings. The first-order valence-corrected chi connectivity index (χ1v) is 7.49. The lowest BCUT2D eigenvalue weighted by atomic mass is 10.1. The molecule has 0 radical (unpaired) electrons. The van der Waals surface area contributed by atoms with Crippen molar-refractivity contribution in [3.05, 3.63) is 23.9 Å². The molecule has 0 spiro atoms. The van der Waals surface area contributed by atoms with Crippen molar-refractivity contribution in [3.63, 3.8) is 0 Å². The van der Waals surface area contributed by atoms with E-state index in [0.29, 0.717) is 5.82 Å². The Morgan fingerprint density at radius 1 is 1.21 bits per heavy atom. The van der Waals surface area contributed by atoms with E-state index >= 15 is 0 Å². The molecule has 1 aromatic heterocycles. The molecule has 3 heterocycles. The first-order chi connectivity index (χ1) is 9.33. The number of piperidine rings is 1. The van der Waals surface area contributed by atoms with Crippen LogP contribution in [-0.2, 0) is 6.54 Å². The third kappa shape index (κ3) is 3.07. The molecule has 1 atom stereocenters. The largest absolute Gasteiger partial charge is 0.383 e. The van der Waals surface area contributed by atoms with Crippen LogP contribution in [0.4, 0.5) is 5.82 Å². The number of nitrogens with zero attached hydrogens (tertiary/aromatic N) is 3. The molecule has 0 aromatic carbocycles. The summed E-state index contributed by atoms with van der Waals surface area (Å²) >= 11 is 0. The maximum absolute atomic E-state index is 5.93. The van der Waals surface area contributed by atoms with Crippen molar-refractivity contribution in [3.8, 4) is 0 Å². The second kappa shape index (κ2) is 5.88. The van der Waals surface area contributed by atoms with Gasteiger partial charge in [-0.2, -0.15) is 0 Å². The topological polar surface area (TPSA) is 45.4 Å². The Labute approximate surface area is 115 Å². The van der Waals surface area contributed by atoms with Crippen LogP contribution in [0.1, 0.15) is 31.2 Å². The van der Waals surface area contributed by atoms with Crippen molar-refractivity contribution in [1.29, 1.82) is 0 Å². The van der Waals surface area contributed by atoms with Gasteiger partial charge in [0.1, 0.15) is 5.82 Å². The average molecular weight is 260 g/mol. The zero-order chi connectivity index (χ0) is 13.1. The molecule has 0 saturated carbocycles. The van der Waals surface area contributed by atoms with Gasteiger partial charge < -0.3 is 5.73 Å². The number of anilines is 1. The Bertz CT molecular complexity index is 414. The summed E-state index contributed by atoms with van der Waals surface area (Å²) < 4.78 is 0. The van der Waals surface area contributed by atoms with Crippen molar-refractivity contribution < 1.29 is 0 Å². The van der Waals surface area contributed by atoms with Gasteiger partial charge in [0.2, 0.25) is 0 Å². The highest BCUT2D eigenvalue weighted by Gasteiger charge is 2.28. The van der Waals surface area contributed by atoms with E-state index in [9.17, 15) is 0 Å². The second-order valence-corrected chi connectivity index (χ2v) is 5.82. The summed E-state index contributed by atoms with van der Waals surface area (Å²) in [6.07, 6.45) is 7.25. The maximum atomic E-state index is 5.93. The Balaban J connectivity index is 1.55. The van der Waals surface area contributed by atoms with Gasteiger partial charge in [-0.05, 0) is 38.4 Å². The molecular formula is C15H24N4. The van der Waals surface area contributed by atoms with Crippen molar-refractivity contribution in [2.75, 3.05) is 31.9 Å². The molecule has 3 rings (SSSR count). The minimum Gasteiger partial charge on any atom is -0.383 e. The standard InChI is InChI=1S/C15H24N4/c16-15-13(5-4-7-17-15)11-18-10-6-14(12-18)19-8-2-1-3-9-19/h4-5,7,14H,1-3,6,8-12H2,(H2,16,17)/t14-/m0/s1. The predicted molar refractivity (Wildman–Crippen MR) is 77.8 cm³/mol. The van der Waals surface area contributed by atoms with E-state index in [2.05, 4.69) is 20.9 Å². The molecule has 0 bridgehead atoms. The fraction of sp³-hybridized carbons (Fsp3) is 0.667. The molecular weight excluding hydrogens is 236 g/mol. The summed E-state index contributed by atoms with van der Waals surface area (Å²) in [5.41, 5.74) is 7.10. The number of pyridine rings is 1. The molecule has 0 amide bonds. The summed E-state index contributed by atoms with van der Waals surface area (Å²) in [5, 5.41) is 0. The lowest BCUT2D eigenvalue weighted by molar-refractivity contribution is 0.161. The summed E-state index contributed by atoms with van der Waals surface area (Å²) in [4.78, 5) is 9.38. The number of aromatic nitrogens is 1. The van der Waals surface area contributed by atoms with Crippen molar-refractivity contribution in [1.82, 2.24) is 14.8 Å². The molecule has 2 N–H and O–H groups in total. The molecule has 4 heteroatoms. The fourth-order valence-corrected chi connectivity index (χ4v) is 3.36. The van der Waals surface area contributed by atoms with Crippen LogP contribution < -0.4 is 5.73 Å². The van der Waals surface area contributed by atoms with Gasteiger partial charge in [0.05, 0.1) is 0 Å². The van der Waals surface area contributed by atoms with Gasteiger partial charge in [0, 0.05) is 37.4 Å². The van der Waals surface area contributed by atoms with Crippen LogP contribution in [0.25, 0.3) is 0 Å². The van der Waals surface area contributed by atoms with Gasteiger partial charge in [-0.3, -0.25) is 9.80 Å². The minimum absolute atomic E-state index is 0.684. The van der Waals surface area contributed by atoms with Crippen LogP contribution in [0.5, 0.6) is 0 Å². The molecule has 2 aliphatic heterocycles. The lowest BCUT2D eigenvalue weighted by Crippen LogP contribution is -2.40. The number of nitrogen functional groups attached to an aromatic ring is 1. The van der Waals surface area contributed by atoms with Crippen LogP contribution in [0.3, 0.4) is 0 Å². The zero-order valence-corrected chi connectivity index (χ0v) is 11.6. The molecule has 19 heavy (non-hydrogen) atoms. The molecule has 2 fully saturated rings. The third-order valence-corrected chi connectivity index (χ3v) is 4.47. The van der Waals surface area contributed by atoms with Crippen LogP contribution in [0.15, 0.2) is 18.3 Å². The summed E-state index contributed by atoms with van der Waals surface area (Å²) in [7, 11) is 0. The van der Waals surface area contributed by atoms with Crippen LogP contribution in [0, 0.1) is 0 Å². The smallest absolute Gasteiger partial charge is 0.127 e. The molecule has 104 valence electrons. The van der Waals surface area contributed by atoms with Gasteiger partial charge in [0.25, 0.3) is 0 Å². The average Bonchev–Trinajstić information content (AvgIpc) is 2.91. The van der Waals surface area contributed by atoms with E-state index in [1.807, 2.05) is 6.07 Å². The summed E-state index contributed by atoms with van der Waals surface area (Å²) in [6, 6.07) is 4.83. The highest BCUT2D eigenvalue weighted by atomic mass is 15.3. The van der Waals surface area contributed by atoms with Crippen molar-refractivity contribution in [2.24, 2.45) is 0 Å². The molecule has 1 aromatic rings. The number of hydrogen-bond acceptors (Lipinski definition) is 4. The van der Waals surface area contributed by atoms with E-state index in [4.69, 9.17) is 5.73 Å². The first-order valence-electron chi connectivity index (χ1n) is 7.49. The molecule has 0 unspecified atom stereocenters. The van der Waals surface area contributed by atoms with Crippen LogP contribution >= 0.6 is 0 Å². The number of nitrogens with two attached hydrogens (primary N) is 1. The van der Waals surface area contributed by atoms with Crippen molar-refractivity contribution >= 4 is 5.82 Å². The quantitative estimate of drug-likeness (QED) is 0.899. The SMILES string of the molecule is Nc1ncccc1CN1CC[C@H](N2CCCCC2)C1. The summed E-state index contributed by atoms with van der Waals surface area (Å²) in [6.45, 7) is 5.93. The second-order valence-electron chi connectivity index (χ2n) is 5.82. The molecule has 2 saturated heterocycles. The normalized spacial score (nSPS) is 25.8. The van der Waals surface area contributed by atoms with Crippen LogP contribution in [0.2, 0.25) is 0 Å². The fourth-order valence-electron chi connectivity index (χ4n) is 3.36. The predicted octanol–water partition coefficient (Wildman–Crippen LogP) is 1.72. The molecule has 0 aliphatic carbocycles. The number of rotatable bonds is 3. The first kappa shape index (κ1) is 12.9. The Kier molecular flexibility index (Phi) is 3.99. The minimum atomic E-state index is 0.684. The van der Waals surface area contributed by atoms with E-state index in [1.165, 1.54) is 57.4 Å². The van der Waals surface area contributed by atoms with E-state index in [0.717, 1.165) is 12.6 Å². The van der Waals surface area contributed by atoms with E-state index in [1.54, 1.807) is 6.20 Å². The van der Waals surface area contributed by atoms with Gasteiger partial charge in [-0.25, -0.2) is 4.98 Å². The van der Waals surface area contributed by atoms with Crippen LogP contribution in [-0.4, -0.2) is 47.0 Å². The highest BCUT2D eigenvalue weighted by molar-refractivity contribution is 5.38. The zero-order valence-electron chi connectivity index (χ0n) is 11.6. The molecule has 4 nitrogen and oxygen atoms in total. The Morgan fingerprint density at radius 3 is 2.84 bits per heavy atom. The number of likely N-dealkylation sites (tertiary alicyclic amines) is 2.